The van der Waals surface area contributed by atoms with Gasteiger partial charge in [-0.3, -0.25) is 0 Å². The molecule has 0 atom stereocenters. The summed E-state index contributed by atoms with van der Waals surface area (Å²) in [5.41, 5.74) is 14.5. The first-order valence-electron chi connectivity index (χ1n) is 18.8. The van der Waals surface area contributed by atoms with Crippen LogP contribution in [0.15, 0.2) is 206 Å². The summed E-state index contributed by atoms with van der Waals surface area (Å²) >= 11 is 1.87. The molecule has 0 fully saturated rings. The highest BCUT2D eigenvalue weighted by Crippen LogP contribution is 2.46. The van der Waals surface area contributed by atoms with E-state index < -0.39 is 0 Å². The lowest BCUT2D eigenvalue weighted by atomic mass is 9.98. The topological polar surface area (TPSA) is 9.86 Å². The van der Waals surface area contributed by atoms with Crippen molar-refractivity contribution >= 4 is 53.3 Å². The summed E-state index contributed by atoms with van der Waals surface area (Å²) in [7, 11) is 0. The van der Waals surface area contributed by atoms with Crippen molar-refractivity contribution in [1.29, 1.82) is 0 Å². The molecule has 2 nitrogen and oxygen atoms in total. The first-order chi connectivity index (χ1) is 27.3. The second-order valence-corrected chi connectivity index (χ2v) is 15.2. The fourth-order valence-corrected chi connectivity index (χ4v) is 9.75. The first kappa shape index (κ1) is 31.6. The molecule has 0 unspecified atom stereocenters. The summed E-state index contributed by atoms with van der Waals surface area (Å²) < 4.78 is 7.47. The van der Waals surface area contributed by atoms with Gasteiger partial charge in [0.25, 0.3) is 0 Å². The average molecular weight is 719 g/mol. The normalized spacial score (nSPS) is 11.6. The van der Waals surface area contributed by atoms with Crippen molar-refractivity contribution in [2.75, 3.05) is 0 Å². The number of nitrogens with zero attached hydrogens (tertiary/aromatic N) is 2. The lowest BCUT2D eigenvalue weighted by Crippen LogP contribution is -1.97. The van der Waals surface area contributed by atoms with Crippen LogP contribution in [0.5, 0.6) is 0 Å². The van der Waals surface area contributed by atoms with Crippen LogP contribution in [0.25, 0.3) is 98.1 Å². The molecule has 3 aromatic heterocycles. The number of aromatic nitrogens is 2. The molecule has 0 bridgehead atoms. The van der Waals surface area contributed by atoms with E-state index in [4.69, 9.17) is 0 Å². The summed E-state index contributed by atoms with van der Waals surface area (Å²) in [4.78, 5) is 0. The van der Waals surface area contributed by atoms with Gasteiger partial charge >= 0.3 is 0 Å². The van der Waals surface area contributed by atoms with Crippen LogP contribution in [0.4, 0.5) is 0 Å². The van der Waals surface area contributed by atoms with Crippen molar-refractivity contribution in [1.82, 2.24) is 9.13 Å². The summed E-state index contributed by atoms with van der Waals surface area (Å²) in [6.07, 6.45) is 0. The standard InChI is InChI=1S/C52H34N2S/c1-5-17-35(18-6-1)49-43-25-13-15-27-45(43)53(51(49)37-21-9-3-10-22-37)39-29-31-41-42-32-30-40(34-48(42)55-47(41)33-39)54-46-28-16-14-26-44(46)50(36-19-7-2-8-20-36)52(54)38-23-11-4-12-24-38/h1-34H. The summed E-state index contributed by atoms with van der Waals surface area (Å²) in [6.45, 7) is 0. The molecule has 0 amide bonds. The molecule has 55 heavy (non-hydrogen) atoms. The Morgan fingerprint density at radius 1 is 0.291 bits per heavy atom. The van der Waals surface area contributed by atoms with E-state index >= 15 is 0 Å². The monoisotopic (exact) mass is 718 g/mol. The van der Waals surface area contributed by atoms with E-state index in [1.165, 1.54) is 86.7 Å². The van der Waals surface area contributed by atoms with Gasteiger partial charge in [-0.15, -0.1) is 11.3 Å². The van der Waals surface area contributed by atoms with Gasteiger partial charge in [-0.05, 0) is 58.7 Å². The van der Waals surface area contributed by atoms with Gasteiger partial charge in [-0.1, -0.05) is 170 Å². The number of thiophene rings is 1. The summed E-state index contributed by atoms with van der Waals surface area (Å²) in [6, 6.07) is 75.0. The molecule has 0 aliphatic carbocycles. The molecule has 0 radical (unpaired) electrons. The lowest BCUT2D eigenvalue weighted by molar-refractivity contribution is 1.14. The van der Waals surface area contributed by atoms with Gasteiger partial charge < -0.3 is 9.13 Å². The molecule has 0 spiro atoms. The Labute approximate surface area is 323 Å². The molecule has 0 aliphatic rings. The molecule has 0 N–H and O–H groups in total. The Morgan fingerprint density at radius 2 is 0.636 bits per heavy atom. The number of hydrogen-bond donors (Lipinski definition) is 0. The predicted molar refractivity (Wildman–Crippen MR) is 235 cm³/mol. The highest BCUT2D eigenvalue weighted by Gasteiger charge is 2.23. The maximum Gasteiger partial charge on any atom is 0.0619 e. The molecular formula is C52H34N2S. The maximum atomic E-state index is 2.46. The quantitative estimate of drug-likeness (QED) is 0.162. The van der Waals surface area contributed by atoms with E-state index in [0.717, 1.165) is 11.4 Å². The second-order valence-electron chi connectivity index (χ2n) is 14.1. The zero-order chi connectivity index (χ0) is 36.3. The number of hydrogen-bond acceptors (Lipinski definition) is 1. The van der Waals surface area contributed by atoms with Crippen LogP contribution >= 0.6 is 11.3 Å². The Hall–Kier alpha value is -6.94. The van der Waals surface area contributed by atoms with Gasteiger partial charge in [-0.2, -0.15) is 0 Å². The van der Waals surface area contributed by atoms with E-state index in [1.807, 2.05) is 11.3 Å². The fourth-order valence-electron chi connectivity index (χ4n) is 8.58. The van der Waals surface area contributed by atoms with Crippen molar-refractivity contribution in [3.05, 3.63) is 206 Å². The molecule has 11 rings (SSSR count). The van der Waals surface area contributed by atoms with Crippen LogP contribution in [-0.4, -0.2) is 9.13 Å². The molecule has 3 heterocycles. The smallest absolute Gasteiger partial charge is 0.0619 e. The minimum Gasteiger partial charge on any atom is -0.309 e. The molecule has 3 heteroatoms. The molecular weight excluding hydrogens is 685 g/mol. The second kappa shape index (κ2) is 12.9. The zero-order valence-corrected chi connectivity index (χ0v) is 30.7. The molecule has 8 aromatic carbocycles. The van der Waals surface area contributed by atoms with Crippen molar-refractivity contribution in [3.8, 4) is 56.1 Å². The predicted octanol–water partition coefficient (Wildman–Crippen LogP) is 14.6. The van der Waals surface area contributed by atoms with Gasteiger partial charge in [0.05, 0.1) is 22.4 Å². The highest BCUT2D eigenvalue weighted by atomic mass is 32.1. The Balaban J connectivity index is 1.13. The van der Waals surface area contributed by atoms with Crippen molar-refractivity contribution in [2.45, 2.75) is 0 Å². The van der Waals surface area contributed by atoms with Crippen molar-refractivity contribution < 1.29 is 0 Å². The largest absolute Gasteiger partial charge is 0.309 e. The number of fused-ring (bicyclic) bond motifs is 5. The molecule has 11 aromatic rings. The van der Waals surface area contributed by atoms with Crippen LogP contribution < -0.4 is 0 Å². The van der Waals surface area contributed by atoms with E-state index in [2.05, 4.69) is 215 Å². The summed E-state index contributed by atoms with van der Waals surface area (Å²) in [5.74, 6) is 0. The van der Waals surface area contributed by atoms with Crippen LogP contribution in [0, 0.1) is 0 Å². The fraction of sp³-hybridized carbons (Fsp3) is 0. The van der Waals surface area contributed by atoms with E-state index in [9.17, 15) is 0 Å². The third-order valence-corrected chi connectivity index (χ3v) is 12.0. The molecule has 0 saturated heterocycles. The minimum absolute atomic E-state index is 1.16. The summed E-state index contributed by atoms with van der Waals surface area (Å²) in [5, 5.41) is 5.05. The van der Waals surface area contributed by atoms with Gasteiger partial charge in [0.1, 0.15) is 0 Å². The first-order valence-corrected chi connectivity index (χ1v) is 19.6. The molecule has 0 saturated carbocycles. The Bertz CT molecular complexity index is 2960. The number of rotatable bonds is 6. The third-order valence-electron chi connectivity index (χ3n) is 10.9. The van der Waals surface area contributed by atoms with Gasteiger partial charge in [0, 0.05) is 53.4 Å². The Kier molecular flexibility index (Phi) is 7.39. The van der Waals surface area contributed by atoms with Crippen molar-refractivity contribution in [3.63, 3.8) is 0 Å². The number of benzene rings is 8. The SMILES string of the molecule is c1ccc(-c2c(-c3ccccc3)n(-c3ccc4c(c3)sc3cc(-n5c(-c6ccccc6)c(-c6ccccc6)c6ccccc65)ccc34)c3ccccc23)cc1. The Morgan fingerprint density at radius 3 is 1.04 bits per heavy atom. The number of para-hydroxylation sites is 2. The lowest BCUT2D eigenvalue weighted by Gasteiger charge is -2.14. The van der Waals surface area contributed by atoms with E-state index in [0.29, 0.717) is 0 Å². The molecule has 258 valence electrons. The van der Waals surface area contributed by atoms with E-state index in [1.54, 1.807) is 0 Å². The van der Waals surface area contributed by atoms with E-state index in [-0.39, 0.29) is 0 Å². The van der Waals surface area contributed by atoms with Crippen molar-refractivity contribution in [2.24, 2.45) is 0 Å². The highest BCUT2D eigenvalue weighted by molar-refractivity contribution is 7.25. The minimum atomic E-state index is 1.16. The van der Waals surface area contributed by atoms with Crippen LogP contribution in [0.1, 0.15) is 0 Å². The maximum absolute atomic E-state index is 2.46. The third kappa shape index (κ3) is 5.09. The van der Waals surface area contributed by atoms with Gasteiger partial charge in [-0.25, -0.2) is 0 Å². The zero-order valence-electron chi connectivity index (χ0n) is 29.9. The van der Waals surface area contributed by atoms with Gasteiger partial charge in [0.15, 0.2) is 0 Å². The van der Waals surface area contributed by atoms with Gasteiger partial charge in [0.2, 0.25) is 0 Å². The average Bonchev–Trinajstić information content (AvgIpc) is 3.92. The van der Waals surface area contributed by atoms with Crippen LogP contribution in [0.2, 0.25) is 0 Å². The molecule has 0 aliphatic heterocycles. The van der Waals surface area contributed by atoms with Crippen LogP contribution in [0.3, 0.4) is 0 Å². The van der Waals surface area contributed by atoms with Crippen LogP contribution in [-0.2, 0) is 0 Å².